The number of hydrogen-bond donors (Lipinski definition) is 2. The van der Waals surface area contributed by atoms with Crippen molar-refractivity contribution in [2.45, 2.75) is 19.8 Å². The molecule has 0 unspecified atom stereocenters. The van der Waals surface area contributed by atoms with Crippen LogP contribution in [0, 0.1) is 6.92 Å². The first-order valence-electron chi connectivity index (χ1n) is 9.65. The van der Waals surface area contributed by atoms with Crippen LogP contribution in [0.5, 0.6) is 0 Å². The van der Waals surface area contributed by atoms with Crippen molar-refractivity contribution in [2.75, 3.05) is 36.4 Å². The maximum Gasteiger partial charge on any atom is 0.251 e. The van der Waals surface area contributed by atoms with Crippen LogP contribution in [0.2, 0.25) is 0 Å². The van der Waals surface area contributed by atoms with Gasteiger partial charge < -0.3 is 15.5 Å². The number of carbonyl (C=O) groups excluding carboxylic acids is 1. The number of tetrazole rings is 1. The number of nitrogens with one attached hydrogen (secondary N) is 2. The first-order valence-corrected chi connectivity index (χ1v) is 9.65. The minimum absolute atomic E-state index is 0.154. The zero-order valence-electron chi connectivity index (χ0n) is 16.2. The Balaban J connectivity index is 1.30. The molecule has 1 fully saturated rings. The van der Waals surface area contributed by atoms with Gasteiger partial charge in [0.15, 0.2) is 0 Å². The maximum atomic E-state index is 12.4. The summed E-state index contributed by atoms with van der Waals surface area (Å²) < 4.78 is 1.51. The number of rotatable bonds is 7. The molecule has 10 nitrogen and oxygen atoms in total. The molecule has 3 heterocycles. The molecule has 0 saturated carbocycles. The Bertz CT molecular complexity index is 968. The van der Waals surface area contributed by atoms with Crippen LogP contribution in [0.1, 0.15) is 29.0 Å². The van der Waals surface area contributed by atoms with E-state index in [1.54, 1.807) is 18.2 Å². The maximum absolute atomic E-state index is 12.4. The molecule has 0 spiro atoms. The molecule has 0 bridgehead atoms. The summed E-state index contributed by atoms with van der Waals surface area (Å²) in [5.41, 5.74) is 1.28. The second-order valence-corrected chi connectivity index (χ2v) is 6.84. The fraction of sp³-hybridized carbons (Fsp3) is 0.368. The fourth-order valence-corrected chi connectivity index (χ4v) is 3.29. The molecule has 1 amide bonds. The van der Waals surface area contributed by atoms with Crippen LogP contribution in [0.3, 0.4) is 0 Å². The average Bonchev–Trinajstić information content (AvgIpc) is 3.45. The fourth-order valence-electron chi connectivity index (χ4n) is 3.29. The second kappa shape index (κ2) is 8.63. The molecule has 4 rings (SSSR count). The van der Waals surface area contributed by atoms with E-state index in [0.717, 1.165) is 36.2 Å². The van der Waals surface area contributed by atoms with E-state index in [9.17, 15) is 4.79 Å². The topological polar surface area (TPSA) is 114 Å². The summed E-state index contributed by atoms with van der Waals surface area (Å²) in [6.45, 7) is 5.00. The summed E-state index contributed by atoms with van der Waals surface area (Å²) >= 11 is 0. The van der Waals surface area contributed by atoms with E-state index >= 15 is 0 Å². The molecule has 0 atom stereocenters. The van der Waals surface area contributed by atoms with Crippen LogP contribution >= 0.6 is 0 Å². The highest BCUT2D eigenvalue weighted by atomic mass is 16.1. The quantitative estimate of drug-likeness (QED) is 0.576. The van der Waals surface area contributed by atoms with Gasteiger partial charge in [0.25, 0.3) is 5.91 Å². The number of nitrogens with zero attached hydrogens (tertiary/aromatic N) is 7. The normalized spacial score (nSPS) is 13.5. The monoisotopic (exact) mass is 393 g/mol. The summed E-state index contributed by atoms with van der Waals surface area (Å²) in [7, 11) is 0. The Hall–Kier alpha value is -3.56. The zero-order valence-corrected chi connectivity index (χ0v) is 16.2. The van der Waals surface area contributed by atoms with Gasteiger partial charge in [0.05, 0.1) is 5.69 Å². The van der Waals surface area contributed by atoms with Crippen LogP contribution in [0.4, 0.5) is 11.6 Å². The van der Waals surface area contributed by atoms with Gasteiger partial charge in [-0.2, -0.15) is 0 Å². The molecular formula is C19H23N9O. The first kappa shape index (κ1) is 18.8. The van der Waals surface area contributed by atoms with Crippen molar-refractivity contribution < 1.29 is 4.79 Å². The van der Waals surface area contributed by atoms with Gasteiger partial charge in [0, 0.05) is 37.8 Å². The van der Waals surface area contributed by atoms with Crippen molar-refractivity contribution in [2.24, 2.45) is 0 Å². The van der Waals surface area contributed by atoms with Crippen molar-refractivity contribution in [3.8, 4) is 5.69 Å². The van der Waals surface area contributed by atoms with Gasteiger partial charge in [-0.1, -0.05) is 6.07 Å². The molecule has 150 valence electrons. The standard InChI is InChI=1S/C19H23N9O/c1-14-23-17(12-18(24-14)27-9-2-3-10-27)20-7-8-21-19(29)15-5-4-6-16(11-15)28-13-22-25-26-28/h4-6,11-13H,2-3,7-10H2,1H3,(H,21,29)(H,20,23,24). The summed E-state index contributed by atoms with van der Waals surface area (Å²) in [4.78, 5) is 23.7. The lowest BCUT2D eigenvalue weighted by atomic mass is 10.2. The molecule has 2 N–H and O–H groups in total. The second-order valence-electron chi connectivity index (χ2n) is 6.84. The van der Waals surface area contributed by atoms with E-state index in [0.29, 0.717) is 18.7 Å². The summed E-state index contributed by atoms with van der Waals surface area (Å²) in [6, 6.07) is 9.11. The lowest BCUT2D eigenvalue weighted by Gasteiger charge is -2.17. The van der Waals surface area contributed by atoms with Crippen LogP contribution in [-0.2, 0) is 0 Å². The predicted octanol–water partition coefficient (Wildman–Crippen LogP) is 1.20. The number of amides is 1. The van der Waals surface area contributed by atoms with Crippen molar-refractivity contribution in [1.82, 2.24) is 35.5 Å². The molecule has 0 aliphatic carbocycles. The van der Waals surface area contributed by atoms with E-state index < -0.39 is 0 Å². The zero-order chi connectivity index (χ0) is 20.1. The lowest BCUT2D eigenvalue weighted by molar-refractivity contribution is 0.0955. The van der Waals surface area contributed by atoms with E-state index in [1.807, 2.05) is 19.1 Å². The smallest absolute Gasteiger partial charge is 0.251 e. The Labute approximate surface area is 168 Å². The van der Waals surface area contributed by atoms with Crippen molar-refractivity contribution in [3.63, 3.8) is 0 Å². The van der Waals surface area contributed by atoms with Gasteiger partial charge in [-0.05, 0) is 48.4 Å². The number of anilines is 2. The number of aromatic nitrogens is 6. The highest BCUT2D eigenvalue weighted by molar-refractivity contribution is 5.94. The SMILES string of the molecule is Cc1nc(NCCNC(=O)c2cccc(-n3cnnn3)c2)cc(N2CCCC2)n1. The van der Waals surface area contributed by atoms with Crippen molar-refractivity contribution >= 4 is 17.5 Å². The highest BCUT2D eigenvalue weighted by Crippen LogP contribution is 2.20. The molecular weight excluding hydrogens is 370 g/mol. The molecule has 1 saturated heterocycles. The first-order chi connectivity index (χ1) is 14.2. The van der Waals surface area contributed by atoms with E-state index in [2.05, 4.69) is 41.0 Å². The minimum atomic E-state index is -0.154. The third-order valence-corrected chi connectivity index (χ3v) is 4.69. The van der Waals surface area contributed by atoms with Crippen LogP contribution in [-0.4, -0.2) is 62.3 Å². The van der Waals surface area contributed by atoms with Gasteiger partial charge in [-0.3, -0.25) is 4.79 Å². The van der Waals surface area contributed by atoms with Crippen LogP contribution in [0.25, 0.3) is 5.69 Å². The molecule has 1 aromatic carbocycles. The Morgan fingerprint density at radius 1 is 1.14 bits per heavy atom. The van der Waals surface area contributed by atoms with E-state index in [-0.39, 0.29) is 5.91 Å². The third-order valence-electron chi connectivity index (χ3n) is 4.69. The van der Waals surface area contributed by atoms with E-state index in [4.69, 9.17) is 0 Å². The summed E-state index contributed by atoms with van der Waals surface area (Å²) in [5, 5.41) is 17.2. The van der Waals surface area contributed by atoms with Gasteiger partial charge in [0.2, 0.25) is 0 Å². The van der Waals surface area contributed by atoms with Gasteiger partial charge in [0.1, 0.15) is 23.8 Å². The Kier molecular flexibility index (Phi) is 5.59. The van der Waals surface area contributed by atoms with Crippen molar-refractivity contribution in [1.29, 1.82) is 0 Å². The van der Waals surface area contributed by atoms with Crippen LogP contribution in [0.15, 0.2) is 36.7 Å². The van der Waals surface area contributed by atoms with Gasteiger partial charge in [-0.25, -0.2) is 14.6 Å². The Morgan fingerprint density at radius 2 is 2.00 bits per heavy atom. The predicted molar refractivity (Wildman–Crippen MR) is 108 cm³/mol. The van der Waals surface area contributed by atoms with Crippen molar-refractivity contribution in [3.05, 3.63) is 48.0 Å². The number of benzene rings is 1. The van der Waals surface area contributed by atoms with Crippen LogP contribution < -0.4 is 15.5 Å². The van der Waals surface area contributed by atoms with E-state index in [1.165, 1.54) is 23.9 Å². The number of aryl methyl sites for hydroxylation is 1. The van der Waals surface area contributed by atoms with Gasteiger partial charge >= 0.3 is 0 Å². The Morgan fingerprint density at radius 3 is 2.79 bits per heavy atom. The molecule has 29 heavy (non-hydrogen) atoms. The third kappa shape index (κ3) is 4.65. The van der Waals surface area contributed by atoms with Gasteiger partial charge in [-0.15, -0.1) is 5.10 Å². The lowest BCUT2D eigenvalue weighted by Crippen LogP contribution is -2.29. The summed E-state index contributed by atoms with van der Waals surface area (Å²) in [5.74, 6) is 2.31. The molecule has 10 heteroatoms. The highest BCUT2D eigenvalue weighted by Gasteiger charge is 2.15. The number of carbonyl (C=O) groups is 1. The molecule has 3 aromatic rings. The molecule has 1 aliphatic rings. The number of hydrogen-bond acceptors (Lipinski definition) is 8. The largest absolute Gasteiger partial charge is 0.368 e. The molecule has 0 radical (unpaired) electrons. The average molecular weight is 393 g/mol. The summed E-state index contributed by atoms with van der Waals surface area (Å²) in [6.07, 6.45) is 3.89. The molecule has 2 aromatic heterocycles. The molecule has 1 aliphatic heterocycles. The minimum Gasteiger partial charge on any atom is -0.368 e.